The molecule has 0 unspecified atom stereocenters. The Kier molecular flexibility index (Phi) is 6.74. The summed E-state index contributed by atoms with van der Waals surface area (Å²) in [6, 6.07) is 6.34. The van der Waals surface area contributed by atoms with E-state index >= 15 is 0 Å². The molecular weight excluding hydrogens is 292 g/mol. The van der Waals surface area contributed by atoms with Crippen LogP contribution in [0.2, 0.25) is 0 Å². The van der Waals surface area contributed by atoms with Crippen LogP contribution in [0.4, 0.5) is 4.79 Å². The molecule has 1 atom stereocenters. The van der Waals surface area contributed by atoms with E-state index in [2.05, 4.69) is 10.6 Å². The summed E-state index contributed by atoms with van der Waals surface area (Å²) in [5.41, 5.74) is 0.391. The van der Waals surface area contributed by atoms with Crippen molar-refractivity contribution in [3.8, 4) is 0 Å². The van der Waals surface area contributed by atoms with E-state index in [4.69, 9.17) is 4.74 Å². The summed E-state index contributed by atoms with van der Waals surface area (Å²) in [4.78, 5) is 35.7. The predicted molar refractivity (Wildman–Crippen MR) is 80.3 cm³/mol. The number of nitrogens with one attached hydrogen (secondary N) is 2. The molecule has 0 saturated heterocycles. The molecule has 21 heavy (non-hydrogen) atoms. The third-order valence-electron chi connectivity index (χ3n) is 2.55. The molecule has 0 heterocycles. The Hall–Kier alpha value is -2.02. The van der Waals surface area contributed by atoms with Gasteiger partial charge in [0.15, 0.2) is 6.10 Å². The molecule has 1 rings (SSSR count). The second kappa shape index (κ2) is 8.31. The largest absolute Gasteiger partial charge is 0.449 e. The molecule has 0 aliphatic rings. The molecule has 2 N–H and O–H groups in total. The summed E-state index contributed by atoms with van der Waals surface area (Å²) in [6.45, 7) is 3.54. The molecule has 0 fully saturated rings. The topological polar surface area (TPSA) is 84.5 Å². The van der Waals surface area contributed by atoms with Gasteiger partial charge in [0.1, 0.15) is 0 Å². The van der Waals surface area contributed by atoms with Crippen LogP contribution in [-0.4, -0.2) is 36.8 Å². The number of esters is 1. The Balaban J connectivity index is 2.65. The van der Waals surface area contributed by atoms with Gasteiger partial charge in [-0.25, -0.2) is 9.59 Å². The molecular formula is C14H18N2O4S. The minimum absolute atomic E-state index is 0.391. The highest BCUT2D eigenvalue weighted by Crippen LogP contribution is 2.20. The van der Waals surface area contributed by atoms with E-state index in [9.17, 15) is 14.4 Å². The number of hydrogen-bond donors (Lipinski definition) is 2. The number of carbonyl (C=O) groups is 3. The molecule has 0 aliphatic heterocycles. The van der Waals surface area contributed by atoms with Crippen molar-refractivity contribution in [2.45, 2.75) is 24.8 Å². The maximum Gasteiger partial charge on any atom is 0.340 e. The van der Waals surface area contributed by atoms with Crippen LogP contribution >= 0.6 is 11.8 Å². The zero-order valence-electron chi connectivity index (χ0n) is 12.1. The average Bonchev–Trinajstić information content (AvgIpc) is 2.47. The number of imide groups is 1. The molecule has 0 saturated carbocycles. The quantitative estimate of drug-likeness (QED) is 0.640. The van der Waals surface area contributed by atoms with Crippen molar-refractivity contribution in [3.05, 3.63) is 29.8 Å². The van der Waals surface area contributed by atoms with E-state index in [1.807, 2.05) is 12.3 Å². The molecule has 0 bridgehead atoms. The first kappa shape index (κ1) is 17.0. The third kappa shape index (κ3) is 5.11. The Labute approximate surface area is 127 Å². The molecule has 1 aromatic rings. The van der Waals surface area contributed by atoms with Gasteiger partial charge < -0.3 is 10.1 Å². The van der Waals surface area contributed by atoms with Gasteiger partial charge in [-0.2, -0.15) is 0 Å². The highest BCUT2D eigenvalue weighted by atomic mass is 32.2. The lowest BCUT2D eigenvalue weighted by molar-refractivity contribution is -0.127. The maximum absolute atomic E-state index is 12.0. The predicted octanol–water partition coefficient (Wildman–Crippen LogP) is 1.80. The van der Waals surface area contributed by atoms with Gasteiger partial charge in [-0.05, 0) is 32.2 Å². The Bertz CT molecular complexity index is 533. The first-order chi connectivity index (χ1) is 9.99. The molecule has 114 valence electrons. The van der Waals surface area contributed by atoms with Gasteiger partial charge in [0.05, 0.1) is 5.56 Å². The van der Waals surface area contributed by atoms with Crippen molar-refractivity contribution >= 4 is 29.7 Å². The standard InChI is InChI=1S/C14H18N2O4S/c1-4-15-14(19)16-12(17)9(2)20-13(18)10-7-5-6-8-11(10)21-3/h5-9H,4H2,1-3H3,(H2,15,16,17,19)/t9-/m0/s1. The van der Waals surface area contributed by atoms with Gasteiger partial charge in [0.2, 0.25) is 0 Å². The fourth-order valence-corrected chi connectivity index (χ4v) is 2.10. The average molecular weight is 310 g/mol. The summed E-state index contributed by atoms with van der Waals surface area (Å²) < 4.78 is 5.08. The third-order valence-corrected chi connectivity index (χ3v) is 3.35. The Morgan fingerprint density at radius 1 is 1.29 bits per heavy atom. The summed E-state index contributed by atoms with van der Waals surface area (Å²) in [5, 5.41) is 4.51. The first-order valence-electron chi connectivity index (χ1n) is 6.42. The van der Waals surface area contributed by atoms with Crippen LogP contribution in [0.25, 0.3) is 0 Å². The van der Waals surface area contributed by atoms with Gasteiger partial charge in [-0.3, -0.25) is 10.1 Å². The number of carbonyl (C=O) groups excluding carboxylic acids is 3. The number of rotatable bonds is 5. The second-order valence-electron chi connectivity index (χ2n) is 4.10. The van der Waals surface area contributed by atoms with E-state index in [0.29, 0.717) is 12.1 Å². The van der Waals surface area contributed by atoms with Crippen LogP contribution in [0.15, 0.2) is 29.2 Å². The fraction of sp³-hybridized carbons (Fsp3) is 0.357. The fourth-order valence-electron chi connectivity index (χ4n) is 1.51. The zero-order valence-corrected chi connectivity index (χ0v) is 13.0. The summed E-state index contributed by atoms with van der Waals surface area (Å²) in [7, 11) is 0. The normalized spacial score (nSPS) is 11.4. The minimum atomic E-state index is -1.06. The van der Waals surface area contributed by atoms with E-state index < -0.39 is 24.0 Å². The lowest BCUT2D eigenvalue weighted by Crippen LogP contribution is -2.44. The van der Waals surface area contributed by atoms with Gasteiger partial charge in [-0.15, -0.1) is 11.8 Å². The maximum atomic E-state index is 12.0. The molecule has 0 aromatic heterocycles. The number of benzene rings is 1. The first-order valence-corrected chi connectivity index (χ1v) is 7.64. The lowest BCUT2D eigenvalue weighted by Gasteiger charge is -2.14. The zero-order chi connectivity index (χ0) is 15.8. The summed E-state index contributed by atoms with van der Waals surface area (Å²) in [6.07, 6.45) is 0.784. The van der Waals surface area contributed by atoms with Crippen LogP contribution < -0.4 is 10.6 Å². The number of thioether (sulfide) groups is 1. The molecule has 1 aromatic carbocycles. The summed E-state index contributed by atoms with van der Waals surface area (Å²) in [5.74, 6) is -1.27. The van der Waals surface area contributed by atoms with E-state index in [0.717, 1.165) is 4.90 Å². The SMILES string of the molecule is CCNC(=O)NC(=O)[C@H](C)OC(=O)c1ccccc1SC. The minimum Gasteiger partial charge on any atom is -0.449 e. The van der Waals surface area contributed by atoms with Crippen molar-refractivity contribution in [3.63, 3.8) is 0 Å². The molecule has 0 spiro atoms. The number of ether oxygens (including phenoxy) is 1. The number of urea groups is 1. The van der Waals surface area contributed by atoms with Crippen molar-refractivity contribution in [2.24, 2.45) is 0 Å². The molecule has 0 radical (unpaired) electrons. The van der Waals surface area contributed by atoms with Gasteiger partial charge >= 0.3 is 12.0 Å². The van der Waals surface area contributed by atoms with Crippen LogP contribution in [0.5, 0.6) is 0 Å². The highest BCUT2D eigenvalue weighted by Gasteiger charge is 2.21. The smallest absolute Gasteiger partial charge is 0.340 e. The van der Waals surface area contributed by atoms with Crippen molar-refractivity contribution < 1.29 is 19.1 Å². The van der Waals surface area contributed by atoms with Crippen LogP contribution in [0.3, 0.4) is 0 Å². The van der Waals surface area contributed by atoms with Gasteiger partial charge in [-0.1, -0.05) is 12.1 Å². The molecule has 3 amide bonds. The van der Waals surface area contributed by atoms with Gasteiger partial charge in [0, 0.05) is 11.4 Å². The van der Waals surface area contributed by atoms with E-state index in [-0.39, 0.29) is 0 Å². The number of hydrogen-bond acceptors (Lipinski definition) is 5. The van der Waals surface area contributed by atoms with Crippen LogP contribution in [0.1, 0.15) is 24.2 Å². The Morgan fingerprint density at radius 3 is 2.57 bits per heavy atom. The van der Waals surface area contributed by atoms with Crippen LogP contribution in [0, 0.1) is 0 Å². The Morgan fingerprint density at radius 2 is 1.95 bits per heavy atom. The van der Waals surface area contributed by atoms with Crippen LogP contribution in [-0.2, 0) is 9.53 Å². The molecule has 0 aliphatic carbocycles. The van der Waals surface area contributed by atoms with Crippen molar-refractivity contribution in [1.29, 1.82) is 0 Å². The van der Waals surface area contributed by atoms with Gasteiger partial charge in [0.25, 0.3) is 5.91 Å². The highest BCUT2D eigenvalue weighted by molar-refractivity contribution is 7.98. The summed E-state index contributed by atoms with van der Waals surface area (Å²) >= 11 is 1.41. The monoisotopic (exact) mass is 310 g/mol. The lowest BCUT2D eigenvalue weighted by atomic mass is 10.2. The van der Waals surface area contributed by atoms with E-state index in [1.165, 1.54) is 18.7 Å². The van der Waals surface area contributed by atoms with Crippen molar-refractivity contribution in [1.82, 2.24) is 10.6 Å². The number of amides is 3. The van der Waals surface area contributed by atoms with E-state index in [1.54, 1.807) is 25.1 Å². The molecule has 7 heteroatoms. The molecule has 6 nitrogen and oxygen atoms in total. The second-order valence-corrected chi connectivity index (χ2v) is 4.94. The van der Waals surface area contributed by atoms with Crippen molar-refractivity contribution in [2.75, 3.05) is 12.8 Å².